The molecule has 2 atom stereocenters. The molecule has 0 radical (unpaired) electrons. The van der Waals surface area contributed by atoms with Crippen LogP contribution in [0, 0.1) is 15.5 Å². The molecule has 6 nitrogen and oxygen atoms in total. The zero-order chi connectivity index (χ0) is 17.7. The van der Waals surface area contributed by atoms with E-state index in [1.807, 2.05) is 13.8 Å². The fourth-order valence-electron chi connectivity index (χ4n) is 3.68. The molecule has 0 saturated heterocycles. The van der Waals surface area contributed by atoms with Gasteiger partial charge in [0.1, 0.15) is 5.76 Å². The Morgan fingerprint density at radius 3 is 2.67 bits per heavy atom. The van der Waals surface area contributed by atoms with Crippen molar-refractivity contribution in [2.24, 2.45) is 5.41 Å². The smallest absolute Gasteiger partial charge is 0.269 e. The number of allylic oxidation sites excluding steroid dienone is 2. The summed E-state index contributed by atoms with van der Waals surface area (Å²) < 4.78 is 5.69. The van der Waals surface area contributed by atoms with Gasteiger partial charge in [0, 0.05) is 49.8 Å². The number of Topliss-reactive ketones (excluding diaryl/α,β-unsaturated/α-hetero) is 1. The highest BCUT2D eigenvalue weighted by Gasteiger charge is 2.45. The molecule has 6 heteroatoms. The fraction of sp³-hybridized carbons (Fsp3) is 0.500. The third kappa shape index (κ3) is 3.06. The van der Waals surface area contributed by atoms with Crippen molar-refractivity contribution in [3.05, 3.63) is 51.3 Å². The predicted octanol–water partition coefficient (Wildman–Crippen LogP) is 3.45. The lowest BCUT2D eigenvalue weighted by Crippen LogP contribution is -2.41. The molecule has 0 spiro atoms. The molecule has 0 amide bonds. The molecule has 128 valence electrons. The molecule has 24 heavy (non-hydrogen) atoms. The van der Waals surface area contributed by atoms with Gasteiger partial charge in [-0.05, 0) is 11.0 Å². The average molecular weight is 331 g/mol. The van der Waals surface area contributed by atoms with Gasteiger partial charge in [0.25, 0.3) is 5.69 Å². The molecule has 1 aliphatic heterocycles. The second kappa shape index (κ2) is 5.41. The number of carbonyl (C=O) groups excluding carboxylic acids is 1. The average Bonchev–Trinajstić information content (AvgIpc) is 2.43. The monoisotopic (exact) mass is 331 g/mol. The molecule has 3 rings (SSSR count). The van der Waals surface area contributed by atoms with Crippen molar-refractivity contribution in [3.63, 3.8) is 0 Å². The van der Waals surface area contributed by atoms with Crippen molar-refractivity contribution in [1.29, 1.82) is 0 Å². The minimum absolute atomic E-state index is 0.00624. The number of nitro benzene ring substituents is 1. The fourth-order valence-corrected chi connectivity index (χ4v) is 3.68. The highest BCUT2D eigenvalue weighted by molar-refractivity contribution is 5.99. The number of rotatable bonds is 2. The molecule has 0 bridgehead atoms. The lowest BCUT2D eigenvalue weighted by Gasteiger charge is -2.43. The maximum absolute atomic E-state index is 12.7. The van der Waals surface area contributed by atoms with Crippen LogP contribution in [0.5, 0.6) is 0 Å². The highest BCUT2D eigenvalue weighted by atomic mass is 16.6. The summed E-state index contributed by atoms with van der Waals surface area (Å²) >= 11 is 0. The van der Waals surface area contributed by atoms with Gasteiger partial charge in [0.05, 0.1) is 4.92 Å². The first-order valence-corrected chi connectivity index (χ1v) is 8.00. The minimum Gasteiger partial charge on any atom is -0.467 e. The number of benzene rings is 1. The molecule has 1 N–H and O–H groups in total. The van der Waals surface area contributed by atoms with E-state index in [4.69, 9.17) is 4.74 Å². The van der Waals surface area contributed by atoms with E-state index in [-0.39, 0.29) is 23.3 Å². The summed E-state index contributed by atoms with van der Waals surface area (Å²) in [7, 11) is 0. The number of ketones is 1. The van der Waals surface area contributed by atoms with Gasteiger partial charge in [0.15, 0.2) is 5.78 Å². The van der Waals surface area contributed by atoms with Crippen LogP contribution in [0.1, 0.15) is 51.5 Å². The quantitative estimate of drug-likeness (QED) is 0.662. The van der Waals surface area contributed by atoms with Gasteiger partial charge in [0.2, 0.25) is 5.79 Å². The van der Waals surface area contributed by atoms with Crippen molar-refractivity contribution >= 4 is 11.5 Å². The number of hydrogen-bond donors (Lipinski definition) is 1. The largest absolute Gasteiger partial charge is 0.467 e. The molecule has 2 aliphatic rings. The summed E-state index contributed by atoms with van der Waals surface area (Å²) in [5, 5.41) is 21.5. The van der Waals surface area contributed by atoms with Gasteiger partial charge in [-0.3, -0.25) is 14.9 Å². The molecule has 1 unspecified atom stereocenters. The molecular formula is C18H21NO5. The van der Waals surface area contributed by atoms with Crippen molar-refractivity contribution in [2.75, 3.05) is 0 Å². The number of nitro groups is 1. The molecule has 1 aromatic carbocycles. The van der Waals surface area contributed by atoms with Crippen molar-refractivity contribution in [2.45, 2.75) is 51.7 Å². The first-order valence-electron chi connectivity index (χ1n) is 8.00. The van der Waals surface area contributed by atoms with Crippen LogP contribution in [0.3, 0.4) is 0 Å². The van der Waals surface area contributed by atoms with Gasteiger partial charge in [-0.2, -0.15) is 0 Å². The van der Waals surface area contributed by atoms with Gasteiger partial charge < -0.3 is 9.84 Å². The second-order valence-corrected chi connectivity index (χ2v) is 7.66. The SMILES string of the molecule is CC1(C)CC(=O)C2=C(C1)OC(C)(O)C[C@@H]2c1cccc([N+](=O)[O-])c1. The van der Waals surface area contributed by atoms with E-state index >= 15 is 0 Å². The molecule has 1 aromatic rings. The third-order valence-electron chi connectivity index (χ3n) is 4.64. The summed E-state index contributed by atoms with van der Waals surface area (Å²) in [6, 6.07) is 6.26. The number of aliphatic hydroxyl groups is 1. The van der Waals surface area contributed by atoms with Crippen LogP contribution in [-0.2, 0) is 9.53 Å². The Balaban J connectivity index is 2.10. The normalized spacial score (nSPS) is 29.0. The molecule has 0 saturated carbocycles. The predicted molar refractivity (Wildman–Crippen MR) is 87.2 cm³/mol. The molecule has 1 aliphatic carbocycles. The second-order valence-electron chi connectivity index (χ2n) is 7.66. The first kappa shape index (κ1) is 16.6. The third-order valence-corrected chi connectivity index (χ3v) is 4.64. The van der Waals surface area contributed by atoms with E-state index in [9.17, 15) is 20.0 Å². The van der Waals surface area contributed by atoms with E-state index in [1.165, 1.54) is 12.1 Å². The van der Waals surface area contributed by atoms with E-state index in [0.29, 0.717) is 29.7 Å². The van der Waals surface area contributed by atoms with Crippen molar-refractivity contribution in [1.82, 2.24) is 0 Å². The van der Waals surface area contributed by atoms with Crippen molar-refractivity contribution < 1.29 is 19.6 Å². The zero-order valence-electron chi connectivity index (χ0n) is 14.0. The van der Waals surface area contributed by atoms with Crippen LogP contribution in [-0.4, -0.2) is 21.6 Å². The number of ether oxygens (including phenoxy) is 1. The van der Waals surface area contributed by atoms with Crippen LogP contribution in [0.15, 0.2) is 35.6 Å². The molecule has 0 fully saturated rings. The van der Waals surface area contributed by atoms with Crippen LogP contribution in [0.25, 0.3) is 0 Å². The lowest BCUT2D eigenvalue weighted by atomic mass is 9.70. The number of carbonyl (C=O) groups is 1. The maximum Gasteiger partial charge on any atom is 0.269 e. The highest BCUT2D eigenvalue weighted by Crippen LogP contribution is 2.49. The van der Waals surface area contributed by atoms with E-state index in [2.05, 4.69) is 0 Å². The Kier molecular flexibility index (Phi) is 3.75. The van der Waals surface area contributed by atoms with Gasteiger partial charge in [-0.25, -0.2) is 0 Å². The standard InChI is InChI=1S/C18H21NO5/c1-17(2)9-14(20)16-13(8-18(3,21)24-15(16)10-17)11-5-4-6-12(7-11)19(22)23/h4-7,13,21H,8-10H2,1-3H3/t13-,18?/m1/s1. The Morgan fingerprint density at radius 1 is 1.29 bits per heavy atom. The van der Waals surface area contributed by atoms with E-state index < -0.39 is 16.6 Å². The van der Waals surface area contributed by atoms with Gasteiger partial charge in [-0.1, -0.05) is 26.0 Å². The van der Waals surface area contributed by atoms with Gasteiger partial charge >= 0.3 is 0 Å². The van der Waals surface area contributed by atoms with Gasteiger partial charge in [-0.15, -0.1) is 0 Å². The summed E-state index contributed by atoms with van der Waals surface area (Å²) in [5.74, 6) is -1.29. The van der Waals surface area contributed by atoms with Crippen LogP contribution < -0.4 is 0 Å². The van der Waals surface area contributed by atoms with Crippen molar-refractivity contribution in [3.8, 4) is 0 Å². The van der Waals surface area contributed by atoms with Crippen LogP contribution in [0.2, 0.25) is 0 Å². The van der Waals surface area contributed by atoms with E-state index in [1.54, 1.807) is 19.1 Å². The number of non-ortho nitro benzene ring substituents is 1. The number of hydrogen-bond acceptors (Lipinski definition) is 5. The Bertz CT molecular complexity index is 744. The summed E-state index contributed by atoms with van der Waals surface area (Å²) in [6.07, 6.45) is 1.16. The molecular weight excluding hydrogens is 310 g/mol. The molecule has 1 heterocycles. The van der Waals surface area contributed by atoms with E-state index in [0.717, 1.165) is 0 Å². The Labute approximate surface area is 140 Å². The summed E-state index contributed by atoms with van der Waals surface area (Å²) in [6.45, 7) is 5.54. The first-order chi connectivity index (χ1) is 11.1. The summed E-state index contributed by atoms with van der Waals surface area (Å²) in [5.41, 5.74) is 0.968. The maximum atomic E-state index is 12.7. The lowest BCUT2D eigenvalue weighted by molar-refractivity contribution is -0.384. The zero-order valence-corrected chi connectivity index (χ0v) is 14.0. The minimum atomic E-state index is -1.40. The Morgan fingerprint density at radius 2 is 2.00 bits per heavy atom. The summed E-state index contributed by atoms with van der Waals surface area (Å²) in [4.78, 5) is 23.3. The van der Waals surface area contributed by atoms with Crippen LogP contribution in [0.4, 0.5) is 5.69 Å². The number of nitrogens with zero attached hydrogens (tertiary/aromatic N) is 1. The van der Waals surface area contributed by atoms with Crippen LogP contribution >= 0.6 is 0 Å². The topological polar surface area (TPSA) is 89.7 Å². The Hall–Kier alpha value is -2.21. The molecule has 0 aromatic heterocycles.